The first-order valence-electron chi connectivity index (χ1n) is 7.82. The molecule has 0 saturated heterocycles. The van der Waals surface area contributed by atoms with E-state index in [1.807, 2.05) is 4.57 Å². The van der Waals surface area contributed by atoms with Gasteiger partial charge in [0.2, 0.25) is 5.65 Å². The van der Waals surface area contributed by atoms with Crippen molar-refractivity contribution < 1.29 is 0 Å². The zero-order chi connectivity index (χ0) is 16.7. The van der Waals surface area contributed by atoms with Gasteiger partial charge in [-0.3, -0.25) is 13.9 Å². The molecule has 3 aromatic rings. The van der Waals surface area contributed by atoms with Gasteiger partial charge in [-0.05, 0) is 12.8 Å². The average Bonchev–Trinajstić information content (AvgIpc) is 2.88. The van der Waals surface area contributed by atoms with E-state index in [1.165, 1.54) is 11.6 Å². The number of hydrogen-bond acceptors (Lipinski definition) is 5. The minimum absolute atomic E-state index is 0.297. The maximum atomic E-state index is 12.7. The van der Waals surface area contributed by atoms with Crippen molar-refractivity contribution in [2.24, 2.45) is 14.1 Å². The van der Waals surface area contributed by atoms with Crippen LogP contribution in [-0.4, -0.2) is 28.9 Å². The summed E-state index contributed by atoms with van der Waals surface area (Å²) in [7, 11) is 3.07. The lowest BCUT2D eigenvalue weighted by molar-refractivity contribution is 0.646. The lowest BCUT2D eigenvalue weighted by atomic mass is 10.3. The van der Waals surface area contributed by atoms with E-state index >= 15 is 0 Å². The third-order valence-electron chi connectivity index (χ3n) is 4.06. The molecule has 0 unspecified atom stereocenters. The summed E-state index contributed by atoms with van der Waals surface area (Å²) in [5.41, 5.74) is 0.669. The molecule has 23 heavy (non-hydrogen) atoms. The van der Waals surface area contributed by atoms with Crippen LogP contribution in [-0.2, 0) is 27.1 Å². The van der Waals surface area contributed by atoms with Gasteiger partial charge in [0.05, 0.1) is 0 Å². The Morgan fingerprint density at radius 1 is 1.00 bits per heavy atom. The molecular weight excluding hydrogens is 296 g/mol. The number of imidazole rings is 1. The standard InChI is InChI=1S/C15H20N6O2/c1-5-7-9-16-12-11(21(9)8-6-2)10-13(18-17-12)19(3)15(23)20(4)14(10)22/h5-8H2,1-4H3. The number of hydrogen-bond donors (Lipinski definition) is 0. The molecule has 8 nitrogen and oxygen atoms in total. The lowest BCUT2D eigenvalue weighted by Crippen LogP contribution is -2.37. The van der Waals surface area contributed by atoms with Crippen molar-refractivity contribution in [2.45, 2.75) is 39.7 Å². The molecule has 122 valence electrons. The SMILES string of the molecule is CCCc1nc2nnc3c(c(=O)n(C)c(=O)n3C)c2n1CCC. The topological polar surface area (TPSA) is 87.6 Å². The largest absolute Gasteiger partial charge is 0.332 e. The zero-order valence-corrected chi connectivity index (χ0v) is 13.8. The second-order valence-corrected chi connectivity index (χ2v) is 5.71. The van der Waals surface area contributed by atoms with Crippen molar-refractivity contribution in [1.82, 2.24) is 28.9 Å². The smallest absolute Gasteiger partial charge is 0.326 e. The van der Waals surface area contributed by atoms with Crippen molar-refractivity contribution in [3.63, 3.8) is 0 Å². The molecule has 0 aliphatic carbocycles. The number of fused-ring (bicyclic) bond motifs is 3. The summed E-state index contributed by atoms with van der Waals surface area (Å²) in [6, 6.07) is 0. The molecule has 0 spiro atoms. The molecule has 3 aromatic heterocycles. The molecular formula is C15H20N6O2. The van der Waals surface area contributed by atoms with E-state index in [0.717, 1.165) is 36.2 Å². The second-order valence-electron chi connectivity index (χ2n) is 5.71. The van der Waals surface area contributed by atoms with Crippen molar-refractivity contribution in [2.75, 3.05) is 0 Å². The van der Waals surface area contributed by atoms with Gasteiger partial charge >= 0.3 is 5.69 Å². The maximum absolute atomic E-state index is 12.7. The third-order valence-corrected chi connectivity index (χ3v) is 4.06. The maximum Gasteiger partial charge on any atom is 0.332 e. The monoisotopic (exact) mass is 316 g/mol. The highest BCUT2D eigenvalue weighted by Crippen LogP contribution is 2.21. The molecule has 0 fully saturated rings. The molecule has 0 N–H and O–H groups in total. The van der Waals surface area contributed by atoms with Gasteiger partial charge in [0.25, 0.3) is 5.56 Å². The zero-order valence-electron chi connectivity index (χ0n) is 13.8. The molecule has 0 aliphatic rings. The predicted molar refractivity (Wildman–Crippen MR) is 87.6 cm³/mol. The van der Waals surface area contributed by atoms with Crippen LogP contribution in [0, 0.1) is 0 Å². The molecule has 3 heterocycles. The highest BCUT2D eigenvalue weighted by Gasteiger charge is 2.20. The second kappa shape index (κ2) is 5.60. The normalized spacial score (nSPS) is 11.7. The number of rotatable bonds is 4. The lowest BCUT2D eigenvalue weighted by Gasteiger charge is -2.10. The van der Waals surface area contributed by atoms with Gasteiger partial charge in [0, 0.05) is 27.1 Å². The van der Waals surface area contributed by atoms with E-state index in [4.69, 9.17) is 0 Å². The van der Waals surface area contributed by atoms with Crippen molar-refractivity contribution in [3.8, 4) is 0 Å². The minimum atomic E-state index is -0.411. The van der Waals surface area contributed by atoms with Crippen LogP contribution in [0.1, 0.15) is 32.5 Å². The highest BCUT2D eigenvalue weighted by molar-refractivity contribution is 5.98. The van der Waals surface area contributed by atoms with Crippen molar-refractivity contribution >= 4 is 22.2 Å². The van der Waals surface area contributed by atoms with E-state index in [0.29, 0.717) is 22.2 Å². The molecule has 0 saturated carbocycles. The molecule has 0 aliphatic heterocycles. The molecule has 0 radical (unpaired) electrons. The summed E-state index contributed by atoms with van der Waals surface area (Å²) in [6.07, 6.45) is 2.68. The van der Waals surface area contributed by atoms with Gasteiger partial charge < -0.3 is 4.57 Å². The third kappa shape index (κ3) is 2.16. The van der Waals surface area contributed by atoms with Crippen molar-refractivity contribution in [3.05, 3.63) is 26.7 Å². The quantitative estimate of drug-likeness (QED) is 0.708. The summed E-state index contributed by atoms with van der Waals surface area (Å²) >= 11 is 0. The fourth-order valence-corrected chi connectivity index (χ4v) is 2.93. The number of aromatic nitrogens is 6. The summed E-state index contributed by atoms with van der Waals surface area (Å²) in [5.74, 6) is 0.905. The Balaban J connectivity index is 2.56. The van der Waals surface area contributed by atoms with Crippen LogP contribution >= 0.6 is 0 Å². The molecule has 0 atom stereocenters. The minimum Gasteiger partial charge on any atom is -0.326 e. The van der Waals surface area contributed by atoms with E-state index in [2.05, 4.69) is 29.0 Å². The van der Waals surface area contributed by atoms with E-state index in [-0.39, 0.29) is 5.56 Å². The van der Waals surface area contributed by atoms with E-state index in [9.17, 15) is 9.59 Å². The van der Waals surface area contributed by atoms with Crippen LogP contribution < -0.4 is 11.2 Å². The Kier molecular flexibility index (Phi) is 3.75. The fourth-order valence-electron chi connectivity index (χ4n) is 2.93. The van der Waals surface area contributed by atoms with Gasteiger partial charge in [-0.15, -0.1) is 10.2 Å². The van der Waals surface area contributed by atoms with E-state index < -0.39 is 5.69 Å². The fraction of sp³-hybridized carbons (Fsp3) is 0.533. The highest BCUT2D eigenvalue weighted by atomic mass is 16.2. The Bertz CT molecular complexity index is 1010. The van der Waals surface area contributed by atoms with Gasteiger partial charge in [0.15, 0.2) is 5.65 Å². The Labute approximate surface area is 132 Å². The number of aryl methyl sites for hydroxylation is 3. The Morgan fingerprint density at radius 2 is 1.74 bits per heavy atom. The van der Waals surface area contributed by atoms with Crippen molar-refractivity contribution in [1.29, 1.82) is 0 Å². The van der Waals surface area contributed by atoms with Gasteiger partial charge in [-0.25, -0.2) is 9.78 Å². The molecule has 0 amide bonds. The van der Waals surface area contributed by atoms with Crippen LogP contribution in [0.5, 0.6) is 0 Å². The summed E-state index contributed by atoms with van der Waals surface area (Å²) in [5, 5.41) is 8.61. The molecule has 3 rings (SSSR count). The molecule has 0 bridgehead atoms. The van der Waals surface area contributed by atoms with Crippen LogP contribution in [0.25, 0.3) is 22.2 Å². The van der Waals surface area contributed by atoms with Gasteiger partial charge in [-0.2, -0.15) is 0 Å². The first-order chi connectivity index (χ1) is 11.0. The molecule has 0 aromatic carbocycles. The summed E-state index contributed by atoms with van der Waals surface area (Å²) in [4.78, 5) is 29.3. The van der Waals surface area contributed by atoms with Gasteiger partial charge in [0.1, 0.15) is 16.7 Å². The van der Waals surface area contributed by atoms with Gasteiger partial charge in [-0.1, -0.05) is 13.8 Å². The average molecular weight is 316 g/mol. The summed E-state index contributed by atoms with van der Waals surface area (Å²) < 4.78 is 4.50. The Hall–Kier alpha value is -2.51. The van der Waals surface area contributed by atoms with Crippen LogP contribution in [0.2, 0.25) is 0 Å². The number of nitrogens with zero attached hydrogens (tertiary/aromatic N) is 6. The van der Waals surface area contributed by atoms with E-state index in [1.54, 1.807) is 7.05 Å². The van der Waals surface area contributed by atoms with Crippen LogP contribution in [0.4, 0.5) is 0 Å². The first kappa shape index (κ1) is 15.4. The first-order valence-corrected chi connectivity index (χ1v) is 7.82. The summed E-state index contributed by atoms with van der Waals surface area (Å²) in [6.45, 7) is 4.91. The van der Waals surface area contributed by atoms with Crippen LogP contribution in [0.15, 0.2) is 9.59 Å². The Morgan fingerprint density at radius 3 is 2.39 bits per heavy atom. The molecule has 8 heteroatoms. The van der Waals surface area contributed by atoms with Crippen LogP contribution in [0.3, 0.4) is 0 Å². The predicted octanol–water partition coefficient (Wildman–Crippen LogP) is 0.739.